The lowest BCUT2D eigenvalue weighted by molar-refractivity contribution is -0.148. The number of nitrogens with one attached hydrogen (secondary N) is 2. The first kappa shape index (κ1) is 25.9. The number of amides is 3. The summed E-state index contributed by atoms with van der Waals surface area (Å²) in [6, 6.07) is 7.12. The van der Waals surface area contributed by atoms with Crippen molar-refractivity contribution in [1.82, 2.24) is 10.6 Å². The maximum absolute atomic E-state index is 12.8. The monoisotopic (exact) mass is 435 g/mol. The Labute approximate surface area is 183 Å². The van der Waals surface area contributed by atoms with E-state index in [1.54, 1.807) is 13.8 Å². The van der Waals surface area contributed by atoms with Crippen molar-refractivity contribution in [3.63, 3.8) is 0 Å². The molecule has 0 aliphatic heterocycles. The van der Waals surface area contributed by atoms with Crippen LogP contribution in [0.4, 0.5) is 4.79 Å². The van der Waals surface area contributed by atoms with Crippen LogP contribution in [-0.4, -0.2) is 42.6 Å². The van der Waals surface area contributed by atoms with Gasteiger partial charge in [-0.2, -0.15) is 0 Å². The molecule has 0 bridgehead atoms. The molecule has 1 aromatic rings. The van der Waals surface area contributed by atoms with Gasteiger partial charge in [-0.1, -0.05) is 51.1 Å². The van der Waals surface area contributed by atoms with Gasteiger partial charge in [0.05, 0.1) is 12.5 Å². The number of hydrogen-bond acceptors (Lipinski definition) is 6. The smallest absolute Gasteiger partial charge is 0.408 e. The molecule has 9 nitrogen and oxygen atoms in total. The number of alkyl carbamates (subject to hydrolysis) is 1. The number of hydrogen-bond donors (Lipinski definition) is 3. The van der Waals surface area contributed by atoms with Crippen molar-refractivity contribution in [1.29, 1.82) is 0 Å². The van der Waals surface area contributed by atoms with Crippen LogP contribution in [0.3, 0.4) is 0 Å². The van der Waals surface area contributed by atoms with E-state index in [2.05, 4.69) is 10.6 Å². The number of carbonyl (C=O) groups is 4. The summed E-state index contributed by atoms with van der Waals surface area (Å²) in [5.74, 6) is -2.39. The lowest BCUT2D eigenvalue weighted by Gasteiger charge is -2.24. The second kappa shape index (κ2) is 13.3. The van der Waals surface area contributed by atoms with Crippen LogP contribution in [0.25, 0.3) is 0 Å². The maximum Gasteiger partial charge on any atom is 0.408 e. The molecule has 0 fully saturated rings. The van der Waals surface area contributed by atoms with E-state index >= 15 is 0 Å². The summed E-state index contributed by atoms with van der Waals surface area (Å²) in [6.45, 7) is 7.32. The summed E-state index contributed by atoms with van der Waals surface area (Å²) < 4.78 is 10.1. The average Bonchev–Trinajstić information content (AvgIpc) is 2.71. The Hall–Kier alpha value is -3.10. The van der Waals surface area contributed by atoms with Gasteiger partial charge in [-0.3, -0.25) is 14.4 Å². The number of nitrogens with two attached hydrogens (primary N) is 1. The summed E-state index contributed by atoms with van der Waals surface area (Å²) in [7, 11) is 0. The minimum atomic E-state index is -1.08. The molecular formula is C22H33N3O6. The molecule has 1 rings (SSSR count). The van der Waals surface area contributed by atoms with Crippen molar-refractivity contribution in [3.05, 3.63) is 35.9 Å². The molecule has 4 N–H and O–H groups in total. The van der Waals surface area contributed by atoms with E-state index in [-0.39, 0.29) is 25.6 Å². The van der Waals surface area contributed by atoms with E-state index in [4.69, 9.17) is 15.2 Å². The summed E-state index contributed by atoms with van der Waals surface area (Å²) >= 11 is 0. The molecule has 31 heavy (non-hydrogen) atoms. The van der Waals surface area contributed by atoms with Crippen LogP contribution in [0.5, 0.6) is 0 Å². The summed E-state index contributed by atoms with van der Waals surface area (Å²) in [6.07, 6.45) is -0.432. The van der Waals surface area contributed by atoms with Gasteiger partial charge in [-0.15, -0.1) is 0 Å². The standard InChI is InChI=1S/C22H33N3O6/c1-5-30-21(28)15(4)12-17(19(23)26)24-20(27)18(11-14(2)3)25-22(29)31-13-16-9-7-6-8-10-16/h6-10,14-15,17-18H,5,11-13H2,1-4H3,(H2,23,26)(H,24,27)(H,25,29)/t15-,17-,18+/m1/s1. The highest BCUT2D eigenvalue weighted by Gasteiger charge is 2.29. The van der Waals surface area contributed by atoms with Gasteiger partial charge in [0.1, 0.15) is 18.7 Å². The Kier molecular flexibility index (Phi) is 11.1. The highest BCUT2D eigenvalue weighted by Crippen LogP contribution is 2.11. The van der Waals surface area contributed by atoms with Gasteiger partial charge in [0, 0.05) is 0 Å². The van der Waals surface area contributed by atoms with Crippen molar-refractivity contribution in [2.24, 2.45) is 17.6 Å². The van der Waals surface area contributed by atoms with Crippen LogP contribution in [0.15, 0.2) is 30.3 Å². The molecule has 1 aromatic carbocycles. The molecule has 0 saturated carbocycles. The second-order valence-corrected chi connectivity index (χ2v) is 7.74. The van der Waals surface area contributed by atoms with Crippen molar-refractivity contribution in [3.8, 4) is 0 Å². The van der Waals surface area contributed by atoms with E-state index in [0.29, 0.717) is 6.42 Å². The highest BCUT2D eigenvalue weighted by atomic mass is 16.5. The Morgan fingerprint density at radius 2 is 1.58 bits per heavy atom. The molecule has 0 unspecified atom stereocenters. The number of ether oxygens (including phenoxy) is 2. The average molecular weight is 436 g/mol. The largest absolute Gasteiger partial charge is 0.466 e. The van der Waals surface area contributed by atoms with Crippen LogP contribution in [0.2, 0.25) is 0 Å². The second-order valence-electron chi connectivity index (χ2n) is 7.74. The van der Waals surface area contributed by atoms with Crippen molar-refractivity contribution in [2.75, 3.05) is 6.61 Å². The molecule has 0 spiro atoms. The van der Waals surface area contributed by atoms with E-state index in [1.165, 1.54) is 0 Å². The van der Waals surface area contributed by atoms with Gasteiger partial charge >= 0.3 is 12.1 Å². The summed E-state index contributed by atoms with van der Waals surface area (Å²) in [4.78, 5) is 48.6. The molecule has 0 aliphatic carbocycles. The zero-order valence-electron chi connectivity index (χ0n) is 18.6. The van der Waals surface area contributed by atoms with Crippen molar-refractivity contribution in [2.45, 2.75) is 59.2 Å². The number of rotatable bonds is 12. The zero-order valence-corrected chi connectivity index (χ0v) is 18.6. The van der Waals surface area contributed by atoms with Gasteiger partial charge in [-0.05, 0) is 31.2 Å². The molecule has 3 atom stereocenters. The topological polar surface area (TPSA) is 137 Å². The fraction of sp³-hybridized carbons (Fsp3) is 0.545. The minimum absolute atomic E-state index is 0.00718. The molecular weight excluding hydrogens is 402 g/mol. The number of carbonyl (C=O) groups excluding carboxylic acids is 4. The first-order valence-corrected chi connectivity index (χ1v) is 10.4. The van der Waals surface area contributed by atoms with Gasteiger partial charge in [0.2, 0.25) is 11.8 Å². The minimum Gasteiger partial charge on any atom is -0.466 e. The lowest BCUT2D eigenvalue weighted by Crippen LogP contribution is -2.54. The third-order valence-corrected chi connectivity index (χ3v) is 4.47. The van der Waals surface area contributed by atoms with E-state index in [1.807, 2.05) is 44.2 Å². The summed E-state index contributed by atoms with van der Waals surface area (Å²) in [5.41, 5.74) is 6.21. The number of esters is 1. The van der Waals surface area contributed by atoms with E-state index in [0.717, 1.165) is 5.56 Å². The quantitative estimate of drug-likeness (QED) is 0.429. The van der Waals surface area contributed by atoms with Crippen LogP contribution in [-0.2, 0) is 30.5 Å². The SMILES string of the molecule is CCOC(=O)[C@H](C)C[C@@H](NC(=O)[C@H](CC(C)C)NC(=O)OCc1ccccc1)C(N)=O. The van der Waals surface area contributed by atoms with Gasteiger partial charge < -0.3 is 25.8 Å². The molecule has 0 heterocycles. The first-order valence-electron chi connectivity index (χ1n) is 10.4. The first-order chi connectivity index (χ1) is 14.6. The zero-order chi connectivity index (χ0) is 23.4. The van der Waals surface area contributed by atoms with Crippen molar-refractivity contribution < 1.29 is 28.7 Å². The predicted molar refractivity (Wildman–Crippen MR) is 115 cm³/mol. The van der Waals surface area contributed by atoms with E-state index in [9.17, 15) is 19.2 Å². The molecule has 0 aromatic heterocycles. The molecule has 0 saturated heterocycles. The van der Waals surface area contributed by atoms with Gasteiger partial charge in [0.15, 0.2) is 0 Å². The Morgan fingerprint density at radius 3 is 2.13 bits per heavy atom. The molecule has 0 aliphatic rings. The van der Waals surface area contributed by atoms with Crippen LogP contribution < -0.4 is 16.4 Å². The highest BCUT2D eigenvalue weighted by molar-refractivity contribution is 5.91. The third kappa shape index (κ3) is 9.97. The van der Waals surface area contributed by atoms with Gasteiger partial charge in [0.25, 0.3) is 0 Å². The van der Waals surface area contributed by atoms with Crippen LogP contribution in [0.1, 0.15) is 46.1 Å². The molecule has 3 amide bonds. The van der Waals surface area contributed by atoms with Gasteiger partial charge in [-0.25, -0.2) is 4.79 Å². The molecule has 9 heteroatoms. The Balaban J connectivity index is 2.74. The summed E-state index contributed by atoms with van der Waals surface area (Å²) in [5, 5.41) is 5.08. The van der Waals surface area contributed by atoms with Crippen LogP contribution >= 0.6 is 0 Å². The Bertz CT molecular complexity index is 738. The van der Waals surface area contributed by atoms with Crippen LogP contribution in [0, 0.1) is 11.8 Å². The lowest BCUT2D eigenvalue weighted by atomic mass is 9.99. The Morgan fingerprint density at radius 1 is 0.935 bits per heavy atom. The third-order valence-electron chi connectivity index (χ3n) is 4.47. The maximum atomic E-state index is 12.8. The number of benzene rings is 1. The predicted octanol–water partition coefficient (Wildman–Crippen LogP) is 1.89. The fourth-order valence-electron chi connectivity index (χ4n) is 2.86. The normalized spacial score (nSPS) is 13.6. The molecule has 172 valence electrons. The van der Waals surface area contributed by atoms with Crippen molar-refractivity contribution >= 4 is 23.9 Å². The fourth-order valence-corrected chi connectivity index (χ4v) is 2.86. The molecule has 0 radical (unpaired) electrons. The number of primary amides is 1. The van der Waals surface area contributed by atoms with E-state index < -0.39 is 41.9 Å².